The Bertz CT molecular complexity index is 525. The first-order valence-electron chi connectivity index (χ1n) is 8.17. The van der Waals surface area contributed by atoms with Crippen LogP contribution in [0.1, 0.15) is 50.6 Å². The lowest BCUT2D eigenvalue weighted by atomic mass is 9.64. The van der Waals surface area contributed by atoms with Gasteiger partial charge in [0.15, 0.2) is 5.76 Å². The standard InChI is InChI=1S/C17H26N2O4/c1-4-22-14-11-13(17(14,2)3)19-15(20)8-5-9-18-16(21)12-7-6-10-23-12/h6-7,10,13-14H,4-5,8-9,11H2,1-3H3,(H,18,21)(H,19,20). The molecule has 2 N–H and O–H groups in total. The van der Waals surface area contributed by atoms with Gasteiger partial charge in [0.1, 0.15) is 0 Å². The fourth-order valence-electron chi connectivity index (χ4n) is 2.83. The molecular weight excluding hydrogens is 296 g/mol. The predicted molar refractivity (Wildman–Crippen MR) is 86.0 cm³/mol. The van der Waals surface area contributed by atoms with Gasteiger partial charge in [-0.2, -0.15) is 0 Å². The largest absolute Gasteiger partial charge is 0.459 e. The van der Waals surface area contributed by atoms with Gasteiger partial charge in [0.2, 0.25) is 5.91 Å². The van der Waals surface area contributed by atoms with Crippen molar-refractivity contribution in [2.45, 2.75) is 52.2 Å². The van der Waals surface area contributed by atoms with E-state index in [0.29, 0.717) is 26.0 Å². The van der Waals surface area contributed by atoms with Crippen molar-refractivity contribution >= 4 is 11.8 Å². The van der Waals surface area contributed by atoms with E-state index in [2.05, 4.69) is 24.5 Å². The van der Waals surface area contributed by atoms with Crippen LogP contribution in [0.3, 0.4) is 0 Å². The molecule has 2 unspecified atom stereocenters. The third-order valence-corrected chi connectivity index (χ3v) is 4.49. The van der Waals surface area contributed by atoms with Gasteiger partial charge in [-0.15, -0.1) is 0 Å². The summed E-state index contributed by atoms with van der Waals surface area (Å²) in [4.78, 5) is 23.6. The molecule has 1 heterocycles. The molecule has 1 aromatic rings. The van der Waals surface area contributed by atoms with Crippen LogP contribution in [0.4, 0.5) is 0 Å². The first-order chi connectivity index (χ1) is 10.9. The van der Waals surface area contributed by atoms with Crippen LogP contribution in [0.5, 0.6) is 0 Å². The van der Waals surface area contributed by atoms with E-state index < -0.39 is 0 Å². The molecular formula is C17H26N2O4. The minimum absolute atomic E-state index is 0.0188. The summed E-state index contributed by atoms with van der Waals surface area (Å²) < 4.78 is 10.7. The van der Waals surface area contributed by atoms with Gasteiger partial charge >= 0.3 is 0 Å². The SMILES string of the molecule is CCOC1CC(NC(=O)CCCNC(=O)c2ccco2)C1(C)C. The van der Waals surface area contributed by atoms with E-state index in [1.165, 1.54) is 6.26 Å². The maximum Gasteiger partial charge on any atom is 0.286 e. The number of amides is 2. The minimum Gasteiger partial charge on any atom is -0.459 e. The maximum atomic E-state index is 12.0. The Kier molecular flexibility index (Phi) is 5.82. The molecule has 0 aliphatic heterocycles. The van der Waals surface area contributed by atoms with Crippen molar-refractivity contribution in [2.24, 2.45) is 5.41 Å². The highest BCUT2D eigenvalue weighted by Crippen LogP contribution is 2.42. The number of hydrogen-bond donors (Lipinski definition) is 2. The van der Waals surface area contributed by atoms with Gasteiger partial charge < -0.3 is 19.8 Å². The van der Waals surface area contributed by atoms with Crippen molar-refractivity contribution in [1.29, 1.82) is 0 Å². The van der Waals surface area contributed by atoms with E-state index in [4.69, 9.17) is 9.15 Å². The van der Waals surface area contributed by atoms with Crippen molar-refractivity contribution in [3.63, 3.8) is 0 Å². The van der Waals surface area contributed by atoms with E-state index in [0.717, 1.165) is 6.42 Å². The first-order valence-corrected chi connectivity index (χ1v) is 8.17. The summed E-state index contributed by atoms with van der Waals surface area (Å²) in [6.45, 7) is 7.36. The zero-order chi connectivity index (χ0) is 16.9. The van der Waals surface area contributed by atoms with E-state index in [1.54, 1.807) is 12.1 Å². The Morgan fingerprint density at radius 3 is 2.83 bits per heavy atom. The summed E-state index contributed by atoms with van der Waals surface area (Å²) in [7, 11) is 0. The second-order valence-electron chi connectivity index (χ2n) is 6.46. The molecule has 0 radical (unpaired) electrons. The van der Waals surface area contributed by atoms with Crippen LogP contribution in [0.15, 0.2) is 22.8 Å². The van der Waals surface area contributed by atoms with Crippen LogP contribution in [-0.4, -0.2) is 37.1 Å². The average molecular weight is 322 g/mol. The van der Waals surface area contributed by atoms with Crippen molar-refractivity contribution in [3.05, 3.63) is 24.2 Å². The lowest BCUT2D eigenvalue weighted by molar-refractivity contribution is -0.136. The van der Waals surface area contributed by atoms with E-state index in [1.807, 2.05) is 6.92 Å². The van der Waals surface area contributed by atoms with Crippen molar-refractivity contribution in [2.75, 3.05) is 13.2 Å². The second-order valence-corrected chi connectivity index (χ2v) is 6.46. The molecule has 23 heavy (non-hydrogen) atoms. The summed E-state index contributed by atoms with van der Waals surface area (Å²) in [5.74, 6) is 0.0491. The molecule has 1 fully saturated rings. The molecule has 6 heteroatoms. The van der Waals surface area contributed by atoms with Crippen LogP contribution in [0.25, 0.3) is 0 Å². The number of hydrogen-bond acceptors (Lipinski definition) is 4. The molecule has 128 valence electrons. The van der Waals surface area contributed by atoms with Crippen molar-refractivity contribution in [3.8, 4) is 0 Å². The molecule has 0 saturated heterocycles. The highest BCUT2D eigenvalue weighted by atomic mass is 16.5. The molecule has 0 aromatic carbocycles. The normalized spacial score (nSPS) is 22.2. The van der Waals surface area contributed by atoms with E-state index >= 15 is 0 Å². The van der Waals surface area contributed by atoms with Gasteiger partial charge in [-0.05, 0) is 31.9 Å². The lowest BCUT2D eigenvalue weighted by Crippen LogP contribution is -2.62. The number of carbonyl (C=O) groups is 2. The second kappa shape index (κ2) is 7.64. The van der Waals surface area contributed by atoms with Gasteiger partial charge in [0.25, 0.3) is 5.91 Å². The number of carbonyl (C=O) groups excluding carboxylic acids is 2. The summed E-state index contributed by atoms with van der Waals surface area (Å²) in [6, 6.07) is 3.43. The quantitative estimate of drug-likeness (QED) is 0.718. The number of rotatable bonds is 8. The van der Waals surface area contributed by atoms with Gasteiger partial charge in [-0.3, -0.25) is 9.59 Å². The number of ether oxygens (including phenoxy) is 1. The molecule has 1 aliphatic rings. The van der Waals surface area contributed by atoms with Crippen LogP contribution in [-0.2, 0) is 9.53 Å². The molecule has 1 aliphatic carbocycles. The molecule has 2 amide bonds. The maximum absolute atomic E-state index is 12.0. The molecule has 2 rings (SSSR count). The molecule has 1 aromatic heterocycles. The van der Waals surface area contributed by atoms with Crippen LogP contribution < -0.4 is 10.6 Å². The van der Waals surface area contributed by atoms with Crippen molar-refractivity contribution in [1.82, 2.24) is 10.6 Å². The molecule has 0 spiro atoms. The third kappa shape index (κ3) is 4.34. The van der Waals surface area contributed by atoms with Gasteiger partial charge in [0.05, 0.1) is 12.4 Å². The number of furan rings is 1. The smallest absolute Gasteiger partial charge is 0.286 e. The molecule has 1 saturated carbocycles. The summed E-state index contributed by atoms with van der Waals surface area (Å²) in [6.07, 6.45) is 3.52. The Morgan fingerprint density at radius 1 is 1.43 bits per heavy atom. The molecule has 0 bridgehead atoms. The Morgan fingerprint density at radius 2 is 2.22 bits per heavy atom. The summed E-state index contributed by atoms with van der Waals surface area (Å²) in [5.41, 5.74) is -0.0286. The number of nitrogens with one attached hydrogen (secondary N) is 2. The molecule has 2 atom stereocenters. The lowest BCUT2D eigenvalue weighted by Gasteiger charge is -2.51. The summed E-state index contributed by atoms with van der Waals surface area (Å²) >= 11 is 0. The first kappa shape index (κ1) is 17.5. The van der Waals surface area contributed by atoms with E-state index in [9.17, 15) is 9.59 Å². The van der Waals surface area contributed by atoms with Crippen LogP contribution in [0, 0.1) is 5.41 Å². The Balaban J connectivity index is 1.62. The van der Waals surface area contributed by atoms with Crippen molar-refractivity contribution < 1.29 is 18.7 Å². The average Bonchev–Trinajstić information content (AvgIpc) is 3.05. The third-order valence-electron chi connectivity index (χ3n) is 4.49. The Labute approximate surface area is 137 Å². The van der Waals surface area contributed by atoms with Crippen LogP contribution in [0.2, 0.25) is 0 Å². The van der Waals surface area contributed by atoms with Gasteiger partial charge in [-0.25, -0.2) is 0 Å². The highest BCUT2D eigenvalue weighted by Gasteiger charge is 2.49. The fraction of sp³-hybridized carbons (Fsp3) is 0.647. The fourth-order valence-corrected chi connectivity index (χ4v) is 2.83. The monoisotopic (exact) mass is 322 g/mol. The van der Waals surface area contributed by atoms with Crippen LogP contribution >= 0.6 is 0 Å². The zero-order valence-corrected chi connectivity index (χ0v) is 14.1. The zero-order valence-electron chi connectivity index (χ0n) is 14.1. The van der Waals surface area contributed by atoms with Gasteiger partial charge in [0, 0.05) is 31.0 Å². The Hall–Kier alpha value is -1.82. The highest BCUT2D eigenvalue weighted by molar-refractivity contribution is 5.91. The van der Waals surface area contributed by atoms with E-state index in [-0.39, 0.29) is 35.1 Å². The minimum atomic E-state index is -0.255. The predicted octanol–water partition coefficient (Wildman–Crippen LogP) is 2.11. The topological polar surface area (TPSA) is 80.6 Å². The van der Waals surface area contributed by atoms with Gasteiger partial charge in [-0.1, -0.05) is 13.8 Å². The molecule has 6 nitrogen and oxygen atoms in total. The summed E-state index contributed by atoms with van der Waals surface area (Å²) in [5, 5.41) is 5.79.